The number of nitrogens with zero attached hydrogens (tertiary/aromatic N) is 6. The van der Waals surface area contributed by atoms with Crippen molar-refractivity contribution in [1.29, 1.82) is 0 Å². The second-order valence-corrected chi connectivity index (χ2v) is 3.95. The lowest BCUT2D eigenvalue weighted by Gasteiger charge is -2.12. The average Bonchev–Trinajstić information content (AvgIpc) is 2.70. The first kappa shape index (κ1) is 10.9. The van der Waals surface area contributed by atoms with Gasteiger partial charge in [0.05, 0.1) is 18.9 Å². The summed E-state index contributed by atoms with van der Waals surface area (Å²) >= 11 is 3.22. The van der Waals surface area contributed by atoms with E-state index in [1.807, 2.05) is 6.92 Å². The fourth-order valence-electron chi connectivity index (χ4n) is 1.15. The third kappa shape index (κ3) is 2.96. The van der Waals surface area contributed by atoms with Crippen molar-refractivity contribution in [2.24, 2.45) is 0 Å². The summed E-state index contributed by atoms with van der Waals surface area (Å²) in [5.74, 6) is 0.468. The molecule has 0 radical (unpaired) electrons. The summed E-state index contributed by atoms with van der Waals surface area (Å²) in [6.45, 7) is 2.46. The molecular formula is C8H9BrN6O. The molecule has 2 rings (SSSR count). The Morgan fingerprint density at radius 3 is 3.06 bits per heavy atom. The van der Waals surface area contributed by atoms with Gasteiger partial charge in [-0.05, 0) is 33.3 Å². The highest BCUT2D eigenvalue weighted by molar-refractivity contribution is 9.10. The zero-order chi connectivity index (χ0) is 11.4. The summed E-state index contributed by atoms with van der Waals surface area (Å²) in [7, 11) is 0. The third-order valence-electron chi connectivity index (χ3n) is 1.74. The number of tetrazole rings is 1. The molecule has 0 spiro atoms. The number of rotatable bonds is 4. The van der Waals surface area contributed by atoms with Gasteiger partial charge in [-0.3, -0.25) is 4.98 Å². The predicted molar refractivity (Wildman–Crippen MR) is 57.6 cm³/mol. The van der Waals surface area contributed by atoms with Crippen LogP contribution in [0.25, 0.3) is 0 Å². The molecule has 2 aromatic rings. The standard InChI is InChI=1S/C8H9BrN6O/c1-6(4-15-5-11-13-14-15)16-8-3-10-2-7(9)12-8/h2-3,5-6H,4H2,1H3. The Hall–Kier alpha value is -1.57. The molecule has 7 nitrogen and oxygen atoms in total. The van der Waals surface area contributed by atoms with Crippen LogP contribution in [-0.2, 0) is 6.54 Å². The molecule has 0 aliphatic carbocycles. The number of hydrogen-bond donors (Lipinski definition) is 0. The van der Waals surface area contributed by atoms with E-state index in [9.17, 15) is 0 Å². The monoisotopic (exact) mass is 284 g/mol. The molecule has 0 fully saturated rings. The van der Waals surface area contributed by atoms with Crippen molar-refractivity contribution < 1.29 is 4.74 Å². The van der Waals surface area contributed by atoms with Crippen molar-refractivity contribution in [1.82, 2.24) is 30.2 Å². The van der Waals surface area contributed by atoms with Crippen LogP contribution >= 0.6 is 15.9 Å². The Labute approximate surface area is 100.0 Å². The lowest BCUT2D eigenvalue weighted by atomic mass is 10.4. The molecule has 0 saturated carbocycles. The first-order chi connectivity index (χ1) is 7.74. The summed E-state index contributed by atoms with van der Waals surface area (Å²) in [6, 6.07) is 0. The van der Waals surface area contributed by atoms with Gasteiger partial charge in [0.2, 0.25) is 5.88 Å². The number of aromatic nitrogens is 6. The summed E-state index contributed by atoms with van der Waals surface area (Å²) in [5.41, 5.74) is 0. The molecule has 1 unspecified atom stereocenters. The zero-order valence-electron chi connectivity index (χ0n) is 8.49. The first-order valence-electron chi connectivity index (χ1n) is 4.59. The van der Waals surface area contributed by atoms with Gasteiger partial charge in [-0.2, -0.15) is 0 Å². The van der Waals surface area contributed by atoms with E-state index in [2.05, 4.69) is 41.4 Å². The number of ether oxygens (including phenoxy) is 1. The minimum atomic E-state index is -0.0906. The van der Waals surface area contributed by atoms with Crippen LogP contribution in [0.5, 0.6) is 5.88 Å². The Balaban J connectivity index is 1.94. The molecule has 2 heterocycles. The van der Waals surface area contributed by atoms with E-state index in [1.54, 1.807) is 17.1 Å². The molecule has 0 amide bonds. The first-order valence-corrected chi connectivity index (χ1v) is 5.38. The zero-order valence-corrected chi connectivity index (χ0v) is 10.1. The van der Waals surface area contributed by atoms with Crippen molar-refractivity contribution in [2.45, 2.75) is 19.6 Å². The van der Waals surface area contributed by atoms with Gasteiger partial charge >= 0.3 is 0 Å². The van der Waals surface area contributed by atoms with E-state index >= 15 is 0 Å². The van der Waals surface area contributed by atoms with Crippen LogP contribution in [0, 0.1) is 0 Å². The fourth-order valence-corrected chi connectivity index (χ4v) is 1.45. The van der Waals surface area contributed by atoms with E-state index < -0.39 is 0 Å². The van der Waals surface area contributed by atoms with Crippen LogP contribution in [0.15, 0.2) is 23.3 Å². The van der Waals surface area contributed by atoms with E-state index in [1.165, 1.54) is 6.33 Å². The van der Waals surface area contributed by atoms with Gasteiger partial charge in [-0.1, -0.05) is 0 Å². The van der Waals surface area contributed by atoms with Gasteiger partial charge in [0.1, 0.15) is 17.0 Å². The number of hydrogen-bond acceptors (Lipinski definition) is 6. The number of halogens is 1. The van der Waals surface area contributed by atoms with Crippen LogP contribution in [0.3, 0.4) is 0 Å². The molecule has 0 aliphatic heterocycles. The van der Waals surface area contributed by atoms with Crippen LogP contribution in [0.1, 0.15) is 6.92 Å². The van der Waals surface area contributed by atoms with Gasteiger partial charge in [-0.15, -0.1) is 5.10 Å². The topological polar surface area (TPSA) is 78.6 Å². The van der Waals surface area contributed by atoms with Gasteiger partial charge in [0, 0.05) is 0 Å². The summed E-state index contributed by atoms with van der Waals surface area (Å²) in [6.07, 6.45) is 4.60. The van der Waals surface area contributed by atoms with Gasteiger partial charge in [0.25, 0.3) is 0 Å². The average molecular weight is 285 g/mol. The van der Waals surface area contributed by atoms with E-state index in [0.717, 1.165) is 0 Å². The molecular weight excluding hydrogens is 276 g/mol. The normalized spacial score (nSPS) is 12.4. The van der Waals surface area contributed by atoms with Gasteiger partial charge in [0.15, 0.2) is 0 Å². The predicted octanol–water partition coefficient (Wildman–Crippen LogP) is 0.693. The maximum Gasteiger partial charge on any atom is 0.233 e. The quantitative estimate of drug-likeness (QED) is 0.822. The van der Waals surface area contributed by atoms with Crippen molar-refractivity contribution in [3.63, 3.8) is 0 Å². The van der Waals surface area contributed by atoms with Crippen LogP contribution < -0.4 is 4.74 Å². The molecule has 0 saturated heterocycles. The third-order valence-corrected chi connectivity index (χ3v) is 2.12. The molecule has 8 heteroatoms. The highest BCUT2D eigenvalue weighted by atomic mass is 79.9. The van der Waals surface area contributed by atoms with Crippen molar-refractivity contribution >= 4 is 15.9 Å². The molecule has 0 aliphatic rings. The SMILES string of the molecule is CC(Cn1cnnn1)Oc1cncc(Br)n1. The summed E-state index contributed by atoms with van der Waals surface area (Å²) < 4.78 is 7.78. The molecule has 1 atom stereocenters. The highest BCUT2D eigenvalue weighted by Gasteiger charge is 2.07. The van der Waals surface area contributed by atoms with Crippen LogP contribution in [-0.4, -0.2) is 36.3 Å². The van der Waals surface area contributed by atoms with Gasteiger partial charge in [-0.25, -0.2) is 9.67 Å². The smallest absolute Gasteiger partial charge is 0.233 e. The Morgan fingerprint density at radius 1 is 1.50 bits per heavy atom. The van der Waals surface area contributed by atoms with Crippen molar-refractivity contribution in [2.75, 3.05) is 0 Å². The van der Waals surface area contributed by atoms with E-state index in [4.69, 9.17) is 4.74 Å². The molecule has 0 aromatic carbocycles. The lowest BCUT2D eigenvalue weighted by Crippen LogP contribution is -2.20. The lowest BCUT2D eigenvalue weighted by molar-refractivity contribution is 0.184. The van der Waals surface area contributed by atoms with E-state index in [0.29, 0.717) is 17.0 Å². The maximum absolute atomic E-state index is 5.55. The summed E-state index contributed by atoms with van der Waals surface area (Å²) in [5, 5.41) is 10.8. The highest BCUT2D eigenvalue weighted by Crippen LogP contribution is 2.11. The Kier molecular flexibility index (Phi) is 3.40. The van der Waals surface area contributed by atoms with Crippen LogP contribution in [0.4, 0.5) is 0 Å². The minimum Gasteiger partial charge on any atom is -0.472 e. The maximum atomic E-state index is 5.55. The second kappa shape index (κ2) is 4.97. The second-order valence-electron chi connectivity index (χ2n) is 3.14. The van der Waals surface area contributed by atoms with Gasteiger partial charge < -0.3 is 4.74 Å². The van der Waals surface area contributed by atoms with Crippen LogP contribution in [0.2, 0.25) is 0 Å². The van der Waals surface area contributed by atoms with Crippen molar-refractivity contribution in [3.05, 3.63) is 23.3 Å². The van der Waals surface area contributed by atoms with E-state index in [-0.39, 0.29) is 6.10 Å². The molecule has 16 heavy (non-hydrogen) atoms. The fraction of sp³-hybridized carbons (Fsp3) is 0.375. The molecule has 0 N–H and O–H groups in total. The molecule has 2 aromatic heterocycles. The molecule has 0 bridgehead atoms. The summed E-state index contributed by atoms with van der Waals surface area (Å²) in [4.78, 5) is 8.07. The Bertz CT molecular complexity index is 448. The minimum absolute atomic E-state index is 0.0906. The van der Waals surface area contributed by atoms with Crippen molar-refractivity contribution in [3.8, 4) is 5.88 Å². The largest absolute Gasteiger partial charge is 0.472 e. The Morgan fingerprint density at radius 2 is 2.38 bits per heavy atom. The molecule has 84 valence electrons.